The standard InChI is InChI=1S/C16H17N3O/c20-14-3-1-10(2-4-14)11-5-12-7-18-16(12)15(6-11)19-13-8-17-9-13/h1,3-7,10,13,17,19-20H,2,8-9H2. The average molecular weight is 267 g/mol. The van der Waals surface area contributed by atoms with Gasteiger partial charge in [0.25, 0.3) is 0 Å². The van der Waals surface area contributed by atoms with Crippen LogP contribution in [0.25, 0.3) is 6.20 Å². The molecule has 0 aromatic heterocycles. The van der Waals surface area contributed by atoms with Crippen LogP contribution in [0.2, 0.25) is 0 Å². The van der Waals surface area contributed by atoms with Gasteiger partial charge in [-0.05, 0) is 36.3 Å². The van der Waals surface area contributed by atoms with Crippen LogP contribution >= 0.6 is 0 Å². The van der Waals surface area contributed by atoms with Crippen molar-refractivity contribution in [2.75, 3.05) is 18.4 Å². The summed E-state index contributed by atoms with van der Waals surface area (Å²) in [5.41, 5.74) is 2.42. The Morgan fingerprint density at radius 2 is 2.20 bits per heavy atom. The Kier molecular flexibility index (Phi) is 2.63. The van der Waals surface area contributed by atoms with Gasteiger partial charge in [0.1, 0.15) is 5.76 Å². The number of fused-ring (bicyclic) bond motifs is 1. The monoisotopic (exact) mass is 267 g/mol. The zero-order chi connectivity index (χ0) is 13.5. The van der Waals surface area contributed by atoms with Crippen molar-refractivity contribution < 1.29 is 5.11 Å². The number of nitrogens with one attached hydrogen (secondary N) is 2. The molecule has 1 aromatic rings. The summed E-state index contributed by atoms with van der Waals surface area (Å²) in [5, 5.41) is 18.6. The number of benzene rings is 1. The van der Waals surface area contributed by atoms with Crippen molar-refractivity contribution in [2.45, 2.75) is 18.4 Å². The van der Waals surface area contributed by atoms with E-state index in [9.17, 15) is 5.11 Å². The third-order valence-electron chi connectivity index (χ3n) is 4.14. The molecule has 1 fully saturated rings. The third-order valence-corrected chi connectivity index (χ3v) is 4.14. The minimum atomic E-state index is 0.338. The molecule has 0 bridgehead atoms. The highest BCUT2D eigenvalue weighted by Crippen LogP contribution is 2.26. The number of allylic oxidation sites excluding steroid dienone is 3. The first-order valence-electron chi connectivity index (χ1n) is 7.06. The average Bonchev–Trinajstić information content (AvgIpc) is 2.37. The van der Waals surface area contributed by atoms with Gasteiger partial charge in [-0.2, -0.15) is 0 Å². The first kappa shape index (κ1) is 11.7. The normalized spacial score (nSPS) is 23.6. The van der Waals surface area contributed by atoms with E-state index < -0.39 is 0 Å². The Morgan fingerprint density at radius 3 is 2.80 bits per heavy atom. The summed E-state index contributed by atoms with van der Waals surface area (Å²) in [7, 11) is 0. The maximum Gasteiger partial charge on any atom is 0.111 e. The molecule has 1 unspecified atom stereocenters. The second-order valence-corrected chi connectivity index (χ2v) is 5.59. The number of rotatable bonds is 3. The fourth-order valence-corrected chi connectivity index (χ4v) is 2.78. The van der Waals surface area contributed by atoms with Crippen LogP contribution in [0.15, 0.2) is 41.1 Å². The van der Waals surface area contributed by atoms with E-state index in [4.69, 9.17) is 0 Å². The number of hydrogen-bond donors (Lipinski definition) is 3. The molecule has 1 saturated heterocycles. The maximum atomic E-state index is 9.43. The van der Waals surface area contributed by atoms with Gasteiger partial charge >= 0.3 is 0 Å². The molecular formula is C16H17N3O. The Morgan fingerprint density at radius 1 is 1.30 bits per heavy atom. The summed E-state index contributed by atoms with van der Waals surface area (Å²) in [6, 6.07) is 4.92. The van der Waals surface area contributed by atoms with Crippen LogP contribution in [-0.4, -0.2) is 24.2 Å². The zero-order valence-corrected chi connectivity index (χ0v) is 11.1. The van der Waals surface area contributed by atoms with Crippen LogP contribution in [-0.2, 0) is 0 Å². The van der Waals surface area contributed by atoms with Crippen LogP contribution in [0.3, 0.4) is 0 Å². The minimum Gasteiger partial charge on any atom is -0.508 e. The number of nitrogens with zero attached hydrogens (tertiary/aromatic N) is 1. The molecule has 20 heavy (non-hydrogen) atoms. The molecule has 3 N–H and O–H groups in total. The third kappa shape index (κ3) is 1.93. The predicted molar refractivity (Wildman–Crippen MR) is 79.2 cm³/mol. The van der Waals surface area contributed by atoms with Crippen LogP contribution in [0.1, 0.15) is 17.9 Å². The van der Waals surface area contributed by atoms with Crippen LogP contribution in [0.5, 0.6) is 0 Å². The van der Waals surface area contributed by atoms with Gasteiger partial charge in [0, 0.05) is 30.4 Å². The Balaban J connectivity index is 1.66. The molecule has 4 rings (SSSR count). The second-order valence-electron chi connectivity index (χ2n) is 5.59. The molecule has 0 amide bonds. The van der Waals surface area contributed by atoms with E-state index in [2.05, 4.69) is 33.8 Å². The van der Waals surface area contributed by atoms with Gasteiger partial charge < -0.3 is 15.7 Å². The maximum absolute atomic E-state index is 9.43. The lowest BCUT2D eigenvalue weighted by Gasteiger charge is -2.30. The SMILES string of the molecule is OC1=CCC(c2cc(NC3CNC3)c3c(c2)=CN=3)C=C1. The van der Waals surface area contributed by atoms with Gasteiger partial charge in [-0.15, -0.1) is 0 Å². The van der Waals surface area contributed by atoms with E-state index in [1.807, 2.05) is 12.3 Å². The molecule has 3 aliphatic rings. The summed E-state index contributed by atoms with van der Waals surface area (Å²) in [5.74, 6) is 0.705. The lowest BCUT2D eigenvalue weighted by Crippen LogP contribution is -2.52. The van der Waals surface area contributed by atoms with E-state index in [0.29, 0.717) is 17.7 Å². The van der Waals surface area contributed by atoms with Crippen molar-refractivity contribution in [3.8, 4) is 0 Å². The largest absolute Gasteiger partial charge is 0.508 e. The molecule has 4 nitrogen and oxygen atoms in total. The van der Waals surface area contributed by atoms with E-state index >= 15 is 0 Å². The van der Waals surface area contributed by atoms with Crippen LogP contribution < -0.4 is 21.2 Å². The highest BCUT2D eigenvalue weighted by molar-refractivity contribution is 5.54. The number of aliphatic hydroxyl groups is 1. The predicted octanol–water partition coefficient (Wildman–Crippen LogP) is 0.927. The Hall–Kier alpha value is -2.07. The fourth-order valence-electron chi connectivity index (χ4n) is 2.78. The quantitative estimate of drug-likeness (QED) is 0.763. The van der Waals surface area contributed by atoms with Crippen LogP contribution in [0, 0.1) is 0 Å². The molecule has 1 aliphatic carbocycles. The topological polar surface area (TPSA) is 56.6 Å². The van der Waals surface area contributed by atoms with Gasteiger partial charge in [-0.25, -0.2) is 0 Å². The summed E-state index contributed by atoms with van der Waals surface area (Å²) < 4.78 is 0. The molecule has 2 aliphatic heterocycles. The molecule has 1 aromatic carbocycles. The summed E-state index contributed by atoms with van der Waals surface area (Å²) in [4.78, 5) is 4.36. The van der Waals surface area contributed by atoms with Gasteiger partial charge in [-0.3, -0.25) is 4.99 Å². The Labute approximate surface area is 117 Å². The van der Waals surface area contributed by atoms with Crippen molar-refractivity contribution in [3.63, 3.8) is 0 Å². The van der Waals surface area contributed by atoms with Crippen molar-refractivity contribution in [1.82, 2.24) is 5.32 Å². The summed E-state index contributed by atoms with van der Waals surface area (Å²) in [6.07, 6.45) is 8.50. The first-order valence-corrected chi connectivity index (χ1v) is 7.06. The number of aliphatic hydroxyl groups excluding tert-OH is 1. The molecule has 2 heterocycles. The van der Waals surface area contributed by atoms with Gasteiger partial charge in [0.05, 0.1) is 17.1 Å². The molecular weight excluding hydrogens is 250 g/mol. The molecule has 0 spiro atoms. The summed E-state index contributed by atoms with van der Waals surface area (Å²) >= 11 is 0. The van der Waals surface area contributed by atoms with E-state index in [1.165, 1.54) is 10.8 Å². The number of hydrogen-bond acceptors (Lipinski definition) is 4. The first-order chi connectivity index (χ1) is 9.79. The molecule has 4 heteroatoms. The lowest BCUT2D eigenvalue weighted by atomic mass is 9.90. The van der Waals surface area contributed by atoms with Crippen molar-refractivity contribution in [2.24, 2.45) is 4.99 Å². The second kappa shape index (κ2) is 4.49. The highest BCUT2D eigenvalue weighted by atomic mass is 16.3. The van der Waals surface area contributed by atoms with Crippen molar-refractivity contribution >= 4 is 11.9 Å². The minimum absolute atomic E-state index is 0.338. The summed E-state index contributed by atoms with van der Waals surface area (Å²) in [6.45, 7) is 2.03. The fraction of sp³-hybridized carbons (Fsp3) is 0.312. The molecule has 102 valence electrons. The number of anilines is 1. The van der Waals surface area contributed by atoms with E-state index in [1.54, 1.807) is 6.08 Å². The van der Waals surface area contributed by atoms with Gasteiger partial charge in [0.15, 0.2) is 0 Å². The van der Waals surface area contributed by atoms with Crippen molar-refractivity contribution in [3.05, 3.63) is 52.3 Å². The Bertz CT molecular complexity index is 729. The van der Waals surface area contributed by atoms with Gasteiger partial charge in [0.2, 0.25) is 0 Å². The van der Waals surface area contributed by atoms with E-state index in [-0.39, 0.29) is 0 Å². The molecule has 0 saturated carbocycles. The lowest BCUT2D eigenvalue weighted by molar-refractivity contribution is 0.425. The highest BCUT2D eigenvalue weighted by Gasteiger charge is 2.19. The molecule has 0 radical (unpaired) electrons. The van der Waals surface area contributed by atoms with Gasteiger partial charge in [-0.1, -0.05) is 6.08 Å². The smallest absolute Gasteiger partial charge is 0.111 e. The molecule has 1 atom stereocenters. The van der Waals surface area contributed by atoms with E-state index in [0.717, 1.165) is 30.6 Å². The van der Waals surface area contributed by atoms with Crippen LogP contribution in [0.4, 0.5) is 5.69 Å². The van der Waals surface area contributed by atoms with Crippen molar-refractivity contribution in [1.29, 1.82) is 0 Å². The zero-order valence-electron chi connectivity index (χ0n) is 11.1.